The molecule has 0 heterocycles. The van der Waals surface area contributed by atoms with Crippen molar-refractivity contribution in [3.63, 3.8) is 0 Å². The Labute approximate surface area is 174 Å². The Morgan fingerprint density at radius 3 is 2.40 bits per heavy atom. The minimum Gasteiger partial charge on any atom is -0.328 e. The largest absolute Gasteiger partial charge is 0.417 e. The number of nitrogens with one attached hydrogen (secondary N) is 1. The number of halogens is 4. The highest BCUT2D eigenvalue weighted by atomic mass is 32.2. The molecule has 3 N–H and O–H groups in total. The summed E-state index contributed by atoms with van der Waals surface area (Å²) in [6.07, 6.45) is -4.81. The van der Waals surface area contributed by atoms with Gasteiger partial charge in [0, 0.05) is 16.3 Å². The lowest BCUT2D eigenvalue weighted by molar-refractivity contribution is -0.137. The highest BCUT2D eigenvalue weighted by Crippen LogP contribution is 2.38. The Balaban J connectivity index is 2.24. The Morgan fingerprint density at radius 2 is 1.87 bits per heavy atom. The first-order valence-corrected chi connectivity index (χ1v) is 10.3. The highest BCUT2D eigenvalue weighted by Gasteiger charge is 2.38. The summed E-state index contributed by atoms with van der Waals surface area (Å²) in [6.45, 7) is 1.23. The van der Waals surface area contributed by atoms with Crippen LogP contribution in [0, 0.1) is 17.1 Å². The summed E-state index contributed by atoms with van der Waals surface area (Å²) >= 11 is 1.04. The number of amides is 1. The zero-order valence-electron chi connectivity index (χ0n) is 15.3. The number of carbonyl (C=O) groups is 1. The second kappa shape index (κ2) is 9.73. The molecular formula is C18H15F4N2O4PS. The molecule has 2 aromatic carbocycles. The van der Waals surface area contributed by atoms with Gasteiger partial charge in [-0.3, -0.25) is 9.32 Å². The average molecular weight is 462 g/mol. The predicted octanol–water partition coefficient (Wildman–Crippen LogP) is 4.43. The normalized spacial score (nSPS) is 13.6. The molecule has 160 valence electrons. The van der Waals surface area contributed by atoms with Gasteiger partial charge in [0.1, 0.15) is 5.82 Å². The molecule has 0 fully saturated rings. The van der Waals surface area contributed by atoms with Crippen LogP contribution in [0.15, 0.2) is 47.4 Å². The zero-order chi connectivity index (χ0) is 22.5. The standard InChI is InChI=1S/C18H15F4N2O4PS/c1-17(28-29(26)27,10-30-14-6-3-12(19)4-7-14)16(25)24-13-5-2-11(9-23)15(8-13)18(20,21)22/h2-8,26-27H,10H2,1H3,(H,24,25). The van der Waals surface area contributed by atoms with Gasteiger partial charge in [0.15, 0.2) is 5.60 Å². The van der Waals surface area contributed by atoms with E-state index in [0.717, 1.165) is 23.9 Å². The summed E-state index contributed by atoms with van der Waals surface area (Å²) in [5.41, 5.74) is -3.94. The van der Waals surface area contributed by atoms with Crippen LogP contribution in [0.2, 0.25) is 0 Å². The second-order valence-electron chi connectivity index (χ2n) is 6.14. The topological polar surface area (TPSA) is 103 Å². The van der Waals surface area contributed by atoms with E-state index in [1.807, 2.05) is 0 Å². The molecule has 2 aromatic rings. The van der Waals surface area contributed by atoms with Crippen molar-refractivity contribution >= 4 is 32.0 Å². The molecule has 1 amide bonds. The number of nitriles is 1. The fourth-order valence-corrected chi connectivity index (χ4v) is 3.84. The molecule has 0 saturated carbocycles. The van der Waals surface area contributed by atoms with E-state index >= 15 is 0 Å². The molecule has 0 aliphatic heterocycles. The van der Waals surface area contributed by atoms with Crippen molar-refractivity contribution in [1.29, 1.82) is 5.26 Å². The van der Waals surface area contributed by atoms with Crippen LogP contribution in [0.5, 0.6) is 0 Å². The fourth-order valence-electron chi connectivity index (χ4n) is 2.28. The molecule has 0 spiro atoms. The van der Waals surface area contributed by atoms with E-state index in [1.54, 1.807) is 0 Å². The molecule has 0 aliphatic carbocycles. The maximum Gasteiger partial charge on any atom is 0.417 e. The van der Waals surface area contributed by atoms with Crippen molar-refractivity contribution in [2.75, 3.05) is 11.1 Å². The first-order chi connectivity index (χ1) is 13.9. The van der Waals surface area contributed by atoms with Crippen molar-refractivity contribution in [3.8, 4) is 6.07 Å². The number of thioether (sulfide) groups is 1. The lowest BCUT2D eigenvalue weighted by atomic mass is 10.1. The predicted molar refractivity (Wildman–Crippen MR) is 103 cm³/mol. The smallest absolute Gasteiger partial charge is 0.328 e. The summed E-state index contributed by atoms with van der Waals surface area (Å²) in [4.78, 5) is 31.7. The molecular weight excluding hydrogens is 447 g/mol. The van der Waals surface area contributed by atoms with E-state index < -0.39 is 43.2 Å². The van der Waals surface area contributed by atoms with Gasteiger partial charge in [0.2, 0.25) is 0 Å². The van der Waals surface area contributed by atoms with Gasteiger partial charge >= 0.3 is 14.8 Å². The second-order valence-corrected chi connectivity index (χ2v) is 7.88. The highest BCUT2D eigenvalue weighted by molar-refractivity contribution is 7.99. The molecule has 6 nitrogen and oxygen atoms in total. The summed E-state index contributed by atoms with van der Waals surface area (Å²) in [5.74, 6) is -1.57. The van der Waals surface area contributed by atoms with Crippen LogP contribution in [0.4, 0.5) is 23.2 Å². The quantitative estimate of drug-likeness (QED) is 0.320. The van der Waals surface area contributed by atoms with Crippen LogP contribution in [0.3, 0.4) is 0 Å². The zero-order valence-corrected chi connectivity index (χ0v) is 17.0. The summed E-state index contributed by atoms with van der Waals surface area (Å²) in [7, 11) is -2.97. The van der Waals surface area contributed by atoms with Gasteiger partial charge in [-0.05, 0) is 49.4 Å². The van der Waals surface area contributed by atoms with Crippen molar-refractivity contribution in [3.05, 3.63) is 59.4 Å². The van der Waals surface area contributed by atoms with E-state index in [2.05, 4.69) is 5.32 Å². The Bertz CT molecular complexity index is 951. The number of benzene rings is 2. The first-order valence-electron chi connectivity index (χ1n) is 8.13. The Hall–Kier alpha value is -2.22. The minimum absolute atomic E-state index is 0.160. The lowest BCUT2D eigenvalue weighted by Crippen LogP contribution is -2.44. The SMILES string of the molecule is CC(CSc1ccc(F)cc1)(OP(O)O)C(=O)Nc1ccc(C#N)c(C(F)(F)F)c1. The third-order valence-electron chi connectivity index (χ3n) is 3.79. The molecule has 0 radical (unpaired) electrons. The van der Waals surface area contributed by atoms with Gasteiger partial charge < -0.3 is 15.1 Å². The number of nitrogens with zero attached hydrogens (tertiary/aromatic N) is 1. The van der Waals surface area contributed by atoms with Crippen LogP contribution >= 0.6 is 20.4 Å². The molecule has 0 aromatic heterocycles. The van der Waals surface area contributed by atoms with Crippen LogP contribution in [-0.4, -0.2) is 27.0 Å². The van der Waals surface area contributed by atoms with Crippen molar-refractivity contribution < 1.29 is 36.7 Å². The molecule has 0 aliphatic rings. The molecule has 2 rings (SSSR count). The monoisotopic (exact) mass is 462 g/mol. The molecule has 1 unspecified atom stereocenters. The Kier molecular flexibility index (Phi) is 7.80. The summed E-state index contributed by atoms with van der Waals surface area (Å²) in [5, 5.41) is 11.1. The average Bonchev–Trinajstić information content (AvgIpc) is 2.66. The molecule has 1 atom stereocenters. The number of carbonyl (C=O) groups excluding carboxylic acids is 1. The molecule has 0 bridgehead atoms. The van der Waals surface area contributed by atoms with Gasteiger partial charge in [0.25, 0.3) is 5.91 Å². The van der Waals surface area contributed by atoms with Gasteiger partial charge in [-0.1, -0.05) is 0 Å². The van der Waals surface area contributed by atoms with Crippen molar-refractivity contribution in [2.24, 2.45) is 0 Å². The van der Waals surface area contributed by atoms with E-state index in [-0.39, 0.29) is 11.4 Å². The molecule has 0 saturated heterocycles. The molecule has 12 heteroatoms. The van der Waals surface area contributed by atoms with E-state index in [4.69, 9.17) is 9.79 Å². The van der Waals surface area contributed by atoms with Crippen molar-refractivity contribution in [1.82, 2.24) is 0 Å². The number of anilines is 1. The third-order valence-corrected chi connectivity index (χ3v) is 5.66. The fraction of sp³-hybridized carbons (Fsp3) is 0.222. The molecule has 30 heavy (non-hydrogen) atoms. The van der Waals surface area contributed by atoms with Crippen molar-refractivity contribution in [2.45, 2.75) is 23.6 Å². The summed E-state index contributed by atoms with van der Waals surface area (Å²) < 4.78 is 57.3. The maximum atomic E-state index is 13.1. The van der Waals surface area contributed by atoms with E-state index in [0.29, 0.717) is 11.0 Å². The van der Waals surface area contributed by atoms with Gasteiger partial charge in [-0.15, -0.1) is 11.8 Å². The number of alkyl halides is 3. The van der Waals surface area contributed by atoms with Crippen LogP contribution in [0.1, 0.15) is 18.1 Å². The maximum absolute atomic E-state index is 13.1. The number of rotatable bonds is 7. The summed E-state index contributed by atoms with van der Waals surface area (Å²) in [6, 6.07) is 9.33. The van der Waals surface area contributed by atoms with Gasteiger partial charge in [-0.25, -0.2) is 4.39 Å². The lowest BCUT2D eigenvalue weighted by Gasteiger charge is -2.28. The number of hydrogen-bond donors (Lipinski definition) is 3. The van der Waals surface area contributed by atoms with Crippen LogP contribution in [0.25, 0.3) is 0 Å². The van der Waals surface area contributed by atoms with Gasteiger partial charge in [0.05, 0.1) is 17.2 Å². The van der Waals surface area contributed by atoms with Crippen LogP contribution < -0.4 is 5.32 Å². The first kappa shape index (κ1) is 24.1. The minimum atomic E-state index is -4.81. The van der Waals surface area contributed by atoms with Crippen LogP contribution in [-0.2, 0) is 15.5 Å². The van der Waals surface area contributed by atoms with Gasteiger partial charge in [-0.2, -0.15) is 18.4 Å². The number of hydrogen-bond acceptors (Lipinski definition) is 6. The Morgan fingerprint density at radius 1 is 1.23 bits per heavy atom. The third kappa shape index (κ3) is 6.39. The van der Waals surface area contributed by atoms with E-state index in [9.17, 15) is 32.1 Å². The van der Waals surface area contributed by atoms with E-state index in [1.165, 1.54) is 37.3 Å².